The second-order valence-corrected chi connectivity index (χ2v) is 6.11. The lowest BCUT2D eigenvalue weighted by atomic mass is 10.1. The molecule has 0 saturated carbocycles. The van der Waals surface area contributed by atoms with E-state index >= 15 is 0 Å². The molecule has 1 amide bonds. The number of aryl methyl sites for hydroxylation is 1. The number of amides is 1. The number of carbonyl (C=O) groups is 1. The first-order valence-corrected chi connectivity index (χ1v) is 7.89. The van der Waals surface area contributed by atoms with Crippen LogP contribution in [0.5, 0.6) is 5.88 Å². The maximum Gasteiger partial charge on any atom is 0.263 e. The number of carbonyl (C=O) groups excluding carboxylic acids is 1. The van der Waals surface area contributed by atoms with Gasteiger partial charge in [-0.05, 0) is 45.6 Å². The Kier molecular flexibility index (Phi) is 5.87. The molecular formula is C17H23N5O3. The van der Waals surface area contributed by atoms with Gasteiger partial charge >= 0.3 is 0 Å². The second kappa shape index (κ2) is 7.89. The van der Waals surface area contributed by atoms with E-state index in [-0.39, 0.29) is 23.0 Å². The summed E-state index contributed by atoms with van der Waals surface area (Å²) in [6, 6.07) is 4.85. The summed E-state index contributed by atoms with van der Waals surface area (Å²) in [7, 11) is 5.35. The molecule has 0 aliphatic heterocycles. The summed E-state index contributed by atoms with van der Waals surface area (Å²) in [5.41, 5.74) is 0.385. The third kappa shape index (κ3) is 4.42. The number of likely N-dealkylation sites (N-methyl/N-ethyl adjacent to an activating group) is 1. The molecule has 2 rings (SSSR count). The van der Waals surface area contributed by atoms with Gasteiger partial charge in [-0.25, -0.2) is 0 Å². The van der Waals surface area contributed by atoms with Gasteiger partial charge in [0.1, 0.15) is 5.56 Å². The van der Waals surface area contributed by atoms with Crippen LogP contribution in [0.3, 0.4) is 0 Å². The van der Waals surface area contributed by atoms with Crippen LogP contribution in [0.2, 0.25) is 0 Å². The van der Waals surface area contributed by atoms with Gasteiger partial charge in [-0.1, -0.05) is 0 Å². The quantitative estimate of drug-likeness (QED) is 0.849. The van der Waals surface area contributed by atoms with Crippen LogP contribution in [0.1, 0.15) is 28.9 Å². The fraction of sp³-hybridized carbons (Fsp3) is 0.412. The van der Waals surface area contributed by atoms with Gasteiger partial charge in [0.05, 0.1) is 7.11 Å². The van der Waals surface area contributed by atoms with Crippen molar-refractivity contribution in [3.8, 4) is 5.88 Å². The number of aromatic nitrogens is 3. The summed E-state index contributed by atoms with van der Waals surface area (Å²) in [6.45, 7) is 4.36. The average Bonchev–Trinajstić information content (AvgIpc) is 2.54. The van der Waals surface area contributed by atoms with E-state index in [1.165, 1.54) is 7.11 Å². The second-order valence-electron chi connectivity index (χ2n) is 6.11. The molecule has 2 heterocycles. The highest BCUT2D eigenvalue weighted by atomic mass is 16.5. The van der Waals surface area contributed by atoms with Crippen LogP contribution in [-0.2, 0) is 0 Å². The van der Waals surface area contributed by atoms with Crippen molar-refractivity contribution in [2.24, 2.45) is 0 Å². The van der Waals surface area contributed by atoms with E-state index in [2.05, 4.69) is 15.5 Å². The highest BCUT2D eigenvalue weighted by molar-refractivity contribution is 6.04. The number of hydrogen-bond acceptors (Lipinski definition) is 6. The largest absolute Gasteiger partial charge is 0.480 e. The Bertz CT molecular complexity index is 799. The molecule has 0 spiro atoms. The molecule has 1 unspecified atom stereocenters. The lowest BCUT2D eigenvalue weighted by Gasteiger charge is -2.20. The summed E-state index contributed by atoms with van der Waals surface area (Å²) in [4.78, 5) is 27.3. The van der Waals surface area contributed by atoms with Crippen LogP contribution in [0.25, 0.3) is 0 Å². The van der Waals surface area contributed by atoms with Gasteiger partial charge in [0.25, 0.3) is 11.5 Å². The smallest absolute Gasteiger partial charge is 0.263 e. The summed E-state index contributed by atoms with van der Waals surface area (Å²) in [6.07, 6.45) is 1.72. The predicted molar refractivity (Wildman–Crippen MR) is 95.2 cm³/mol. The van der Waals surface area contributed by atoms with Gasteiger partial charge in [-0.15, -0.1) is 10.2 Å². The zero-order valence-corrected chi connectivity index (χ0v) is 15.1. The molecule has 2 aromatic rings. The fourth-order valence-corrected chi connectivity index (χ4v) is 2.55. The van der Waals surface area contributed by atoms with Gasteiger partial charge in [-0.3, -0.25) is 9.59 Å². The average molecular weight is 345 g/mol. The minimum atomic E-state index is -0.506. The first kappa shape index (κ1) is 18.6. The molecule has 8 heteroatoms. The standard InChI is InChI=1S/C17H23N5O3/c1-11-8-9-22(12(2)10-21(3)4)17(24)15(11)16(23)18-13-6-7-14(25-5)20-19-13/h6-9,12H,10H2,1-5H3,(H,18,19,23). The summed E-state index contributed by atoms with van der Waals surface area (Å²) in [5.74, 6) is 0.0865. The van der Waals surface area contributed by atoms with Gasteiger partial charge < -0.3 is 19.5 Å². The molecule has 1 N–H and O–H groups in total. The van der Waals surface area contributed by atoms with Crippen molar-refractivity contribution >= 4 is 11.7 Å². The Morgan fingerprint density at radius 3 is 2.60 bits per heavy atom. The van der Waals surface area contributed by atoms with Gasteiger partial charge in [-0.2, -0.15) is 0 Å². The van der Waals surface area contributed by atoms with Crippen molar-refractivity contribution in [3.63, 3.8) is 0 Å². The van der Waals surface area contributed by atoms with E-state index in [1.54, 1.807) is 35.9 Å². The van der Waals surface area contributed by atoms with E-state index in [0.717, 1.165) is 0 Å². The van der Waals surface area contributed by atoms with Crippen molar-refractivity contribution < 1.29 is 9.53 Å². The van der Waals surface area contributed by atoms with Crippen LogP contribution in [0.15, 0.2) is 29.2 Å². The van der Waals surface area contributed by atoms with E-state index in [9.17, 15) is 9.59 Å². The molecule has 0 aliphatic rings. The number of rotatable bonds is 6. The van der Waals surface area contributed by atoms with Crippen LogP contribution >= 0.6 is 0 Å². The third-order valence-corrected chi connectivity index (χ3v) is 3.75. The topological polar surface area (TPSA) is 89.4 Å². The van der Waals surface area contributed by atoms with Crippen LogP contribution in [0.4, 0.5) is 5.82 Å². The van der Waals surface area contributed by atoms with E-state index in [1.807, 2.05) is 25.9 Å². The molecule has 0 aliphatic carbocycles. The molecular weight excluding hydrogens is 322 g/mol. The van der Waals surface area contributed by atoms with Crippen LogP contribution in [0, 0.1) is 6.92 Å². The van der Waals surface area contributed by atoms with Gasteiger partial charge in [0, 0.05) is 24.8 Å². The van der Waals surface area contributed by atoms with Crippen molar-refractivity contribution in [1.29, 1.82) is 0 Å². The molecule has 0 fully saturated rings. The van der Waals surface area contributed by atoms with E-state index < -0.39 is 5.91 Å². The number of pyridine rings is 1. The highest BCUT2D eigenvalue weighted by Crippen LogP contribution is 2.11. The Hall–Kier alpha value is -2.74. The van der Waals surface area contributed by atoms with Gasteiger partial charge in [0.15, 0.2) is 5.82 Å². The maximum atomic E-state index is 12.8. The van der Waals surface area contributed by atoms with Crippen LogP contribution < -0.4 is 15.6 Å². The summed E-state index contributed by atoms with van der Waals surface area (Å²) in [5, 5.41) is 10.2. The van der Waals surface area contributed by atoms with Crippen molar-refractivity contribution in [3.05, 3.63) is 45.9 Å². The minimum absolute atomic E-state index is 0.0598. The Morgan fingerprint density at radius 2 is 2.04 bits per heavy atom. The zero-order valence-electron chi connectivity index (χ0n) is 15.1. The van der Waals surface area contributed by atoms with E-state index in [0.29, 0.717) is 18.0 Å². The molecule has 2 aromatic heterocycles. The number of ether oxygens (including phenoxy) is 1. The molecule has 1 atom stereocenters. The Labute approximate surface area is 146 Å². The highest BCUT2D eigenvalue weighted by Gasteiger charge is 2.19. The molecule has 0 saturated heterocycles. The summed E-state index contributed by atoms with van der Waals surface area (Å²) < 4.78 is 6.50. The lowest BCUT2D eigenvalue weighted by molar-refractivity contribution is 0.102. The molecule has 0 aromatic carbocycles. The first-order chi connectivity index (χ1) is 11.8. The number of nitrogens with zero attached hydrogens (tertiary/aromatic N) is 4. The normalized spacial score (nSPS) is 12.1. The molecule has 8 nitrogen and oxygen atoms in total. The Balaban J connectivity index is 2.30. The van der Waals surface area contributed by atoms with Crippen molar-refractivity contribution in [2.45, 2.75) is 19.9 Å². The number of methoxy groups -OCH3 is 1. The SMILES string of the molecule is COc1ccc(NC(=O)c2c(C)ccn(C(C)CN(C)C)c2=O)nn1. The third-order valence-electron chi connectivity index (χ3n) is 3.75. The summed E-state index contributed by atoms with van der Waals surface area (Å²) >= 11 is 0. The van der Waals surface area contributed by atoms with Gasteiger partial charge in [0.2, 0.25) is 5.88 Å². The fourth-order valence-electron chi connectivity index (χ4n) is 2.55. The number of hydrogen-bond donors (Lipinski definition) is 1. The van der Waals surface area contributed by atoms with Crippen molar-refractivity contribution in [1.82, 2.24) is 19.7 Å². The Morgan fingerprint density at radius 1 is 1.32 bits per heavy atom. The van der Waals surface area contributed by atoms with Crippen molar-refractivity contribution in [2.75, 3.05) is 33.1 Å². The first-order valence-electron chi connectivity index (χ1n) is 7.89. The van der Waals surface area contributed by atoms with E-state index in [4.69, 9.17) is 4.74 Å². The molecule has 0 radical (unpaired) electrons. The number of nitrogens with one attached hydrogen (secondary N) is 1. The monoisotopic (exact) mass is 345 g/mol. The zero-order chi connectivity index (χ0) is 18.6. The maximum absolute atomic E-state index is 12.8. The predicted octanol–water partition coefficient (Wildman–Crippen LogP) is 1.33. The minimum Gasteiger partial charge on any atom is -0.480 e. The molecule has 25 heavy (non-hydrogen) atoms. The van der Waals surface area contributed by atoms with Crippen LogP contribution in [-0.4, -0.2) is 53.3 Å². The molecule has 0 bridgehead atoms. The lowest BCUT2D eigenvalue weighted by Crippen LogP contribution is -2.34. The number of anilines is 1. The molecule has 134 valence electrons.